The Morgan fingerprint density at radius 1 is 1.00 bits per heavy atom. The van der Waals surface area contributed by atoms with Gasteiger partial charge in [-0.05, 0) is 75.1 Å². The fourth-order valence-corrected chi connectivity index (χ4v) is 5.64. The Labute approximate surface area is 229 Å². The lowest BCUT2D eigenvalue weighted by Gasteiger charge is -2.30. The average Bonchev–Trinajstić information content (AvgIpc) is 3.74. The molecule has 0 aliphatic carbocycles. The Morgan fingerprint density at radius 3 is 2.67 bits per heavy atom. The van der Waals surface area contributed by atoms with E-state index in [9.17, 15) is 4.79 Å². The van der Waals surface area contributed by atoms with E-state index >= 15 is 0 Å². The number of aromatic amines is 1. The van der Waals surface area contributed by atoms with Gasteiger partial charge in [0.05, 0.1) is 19.4 Å². The highest BCUT2D eigenvalue weighted by atomic mass is 32.1. The summed E-state index contributed by atoms with van der Waals surface area (Å²) in [6.07, 6.45) is 2.58. The quantitative estimate of drug-likeness (QED) is 0.246. The SMILES string of the molecule is CCc1ccc2[nH]c(=O)c([C@H](c3nnnn3Cc3ccccc3)N(Cc3ccco3)Cc3cccs3)cc2c1. The van der Waals surface area contributed by atoms with Gasteiger partial charge < -0.3 is 9.40 Å². The molecule has 6 rings (SSSR count). The van der Waals surface area contributed by atoms with Crippen molar-refractivity contribution in [2.45, 2.75) is 39.0 Å². The standard InChI is InChI=1S/C30H28N6O2S/c1-2-21-12-13-27-23(16-21)17-26(30(37)31-27)28(29-32-33-34-36(29)18-22-8-4-3-5-9-22)35(19-24-10-6-14-38-24)20-25-11-7-15-39-25/h3-17,28H,2,18-20H2,1H3,(H,31,37)/t28-/m1/s1. The summed E-state index contributed by atoms with van der Waals surface area (Å²) in [4.78, 5) is 20.2. The van der Waals surface area contributed by atoms with Crippen molar-refractivity contribution < 1.29 is 4.42 Å². The third-order valence-corrected chi connectivity index (χ3v) is 7.72. The summed E-state index contributed by atoms with van der Waals surface area (Å²) < 4.78 is 7.55. The zero-order valence-corrected chi connectivity index (χ0v) is 22.3. The third-order valence-electron chi connectivity index (χ3n) is 6.86. The molecule has 0 radical (unpaired) electrons. The van der Waals surface area contributed by atoms with Gasteiger partial charge >= 0.3 is 0 Å². The van der Waals surface area contributed by atoms with Gasteiger partial charge in [-0.1, -0.05) is 49.4 Å². The van der Waals surface area contributed by atoms with Gasteiger partial charge in [0.2, 0.25) is 0 Å². The van der Waals surface area contributed by atoms with Crippen LogP contribution in [0.1, 0.15) is 46.1 Å². The van der Waals surface area contributed by atoms with Crippen molar-refractivity contribution in [3.63, 3.8) is 0 Å². The Hall–Kier alpha value is -4.34. The van der Waals surface area contributed by atoms with Crippen molar-refractivity contribution in [3.8, 4) is 0 Å². The van der Waals surface area contributed by atoms with Crippen LogP contribution in [-0.2, 0) is 26.1 Å². The number of aryl methyl sites for hydroxylation is 1. The molecule has 0 spiro atoms. The fourth-order valence-electron chi connectivity index (χ4n) is 4.92. The molecule has 9 heteroatoms. The number of benzene rings is 2. The maximum absolute atomic E-state index is 13.7. The number of thiophene rings is 1. The zero-order chi connectivity index (χ0) is 26.6. The predicted octanol–water partition coefficient (Wildman–Crippen LogP) is 5.57. The minimum atomic E-state index is -0.533. The van der Waals surface area contributed by atoms with E-state index in [-0.39, 0.29) is 5.56 Å². The number of fused-ring (bicyclic) bond motifs is 1. The summed E-state index contributed by atoms with van der Waals surface area (Å²) in [5.74, 6) is 1.39. The molecule has 1 atom stereocenters. The first-order valence-corrected chi connectivity index (χ1v) is 13.8. The molecule has 1 N–H and O–H groups in total. The smallest absolute Gasteiger partial charge is 0.253 e. The molecule has 0 aliphatic heterocycles. The van der Waals surface area contributed by atoms with E-state index in [4.69, 9.17) is 4.42 Å². The van der Waals surface area contributed by atoms with Gasteiger partial charge in [-0.25, -0.2) is 4.68 Å². The third kappa shape index (κ3) is 5.45. The number of nitrogens with zero attached hydrogens (tertiary/aromatic N) is 5. The second-order valence-electron chi connectivity index (χ2n) is 9.48. The number of aromatic nitrogens is 5. The van der Waals surface area contributed by atoms with Gasteiger partial charge in [-0.15, -0.1) is 16.4 Å². The monoisotopic (exact) mass is 536 g/mol. The Bertz CT molecular complexity index is 1670. The van der Waals surface area contributed by atoms with Gasteiger partial charge in [-0.3, -0.25) is 9.69 Å². The van der Waals surface area contributed by atoms with Crippen LogP contribution in [0.4, 0.5) is 0 Å². The normalized spacial score (nSPS) is 12.4. The van der Waals surface area contributed by atoms with Gasteiger partial charge in [0, 0.05) is 22.5 Å². The van der Waals surface area contributed by atoms with Crippen LogP contribution in [0.5, 0.6) is 0 Å². The summed E-state index contributed by atoms with van der Waals surface area (Å²) in [7, 11) is 0. The van der Waals surface area contributed by atoms with E-state index in [0.29, 0.717) is 31.0 Å². The van der Waals surface area contributed by atoms with Crippen LogP contribution < -0.4 is 5.56 Å². The maximum Gasteiger partial charge on any atom is 0.253 e. The number of furan rings is 1. The molecule has 0 fully saturated rings. The van der Waals surface area contributed by atoms with E-state index in [1.807, 2.05) is 60.7 Å². The average molecular weight is 537 g/mol. The number of hydrogen-bond donors (Lipinski definition) is 1. The molecule has 39 heavy (non-hydrogen) atoms. The minimum absolute atomic E-state index is 0.165. The lowest BCUT2D eigenvalue weighted by Crippen LogP contribution is -2.34. The van der Waals surface area contributed by atoms with E-state index in [1.54, 1.807) is 22.3 Å². The van der Waals surface area contributed by atoms with Crippen LogP contribution in [0.15, 0.2) is 99.7 Å². The number of rotatable bonds is 10. The highest BCUT2D eigenvalue weighted by Gasteiger charge is 2.31. The number of nitrogens with one attached hydrogen (secondary N) is 1. The molecule has 4 heterocycles. The second-order valence-corrected chi connectivity index (χ2v) is 10.5. The van der Waals surface area contributed by atoms with Crippen LogP contribution in [0.25, 0.3) is 10.9 Å². The molecular weight excluding hydrogens is 508 g/mol. The predicted molar refractivity (Wildman–Crippen MR) is 151 cm³/mol. The van der Waals surface area contributed by atoms with Crippen LogP contribution in [0, 0.1) is 0 Å². The van der Waals surface area contributed by atoms with Crippen molar-refractivity contribution in [2.75, 3.05) is 0 Å². The van der Waals surface area contributed by atoms with E-state index < -0.39 is 6.04 Å². The molecule has 2 aromatic carbocycles. The first-order valence-electron chi connectivity index (χ1n) is 12.9. The van der Waals surface area contributed by atoms with E-state index in [0.717, 1.165) is 28.6 Å². The minimum Gasteiger partial charge on any atom is -0.468 e. The van der Waals surface area contributed by atoms with Crippen LogP contribution in [0.2, 0.25) is 0 Å². The first kappa shape index (κ1) is 25.0. The lowest BCUT2D eigenvalue weighted by atomic mass is 10.0. The highest BCUT2D eigenvalue weighted by Crippen LogP contribution is 2.31. The van der Waals surface area contributed by atoms with Gasteiger partial charge in [-0.2, -0.15) is 0 Å². The largest absolute Gasteiger partial charge is 0.468 e. The summed E-state index contributed by atoms with van der Waals surface area (Å²) in [5.41, 5.74) is 3.50. The molecule has 0 bridgehead atoms. The van der Waals surface area contributed by atoms with Crippen LogP contribution in [-0.4, -0.2) is 30.1 Å². The topological polar surface area (TPSA) is 92.8 Å². The number of H-pyrrole nitrogens is 1. The fraction of sp³-hybridized carbons (Fsp3) is 0.200. The molecular formula is C30H28N6O2S. The summed E-state index contributed by atoms with van der Waals surface area (Å²) >= 11 is 1.68. The molecule has 6 aromatic rings. The lowest BCUT2D eigenvalue weighted by molar-refractivity contribution is 0.181. The van der Waals surface area contributed by atoms with Gasteiger partial charge in [0.15, 0.2) is 5.82 Å². The number of pyridine rings is 1. The van der Waals surface area contributed by atoms with Crippen molar-refractivity contribution in [1.29, 1.82) is 0 Å². The Balaban J connectivity index is 1.52. The second kappa shape index (κ2) is 11.2. The highest BCUT2D eigenvalue weighted by molar-refractivity contribution is 7.09. The molecule has 0 aliphatic rings. The van der Waals surface area contributed by atoms with Crippen molar-refractivity contribution in [1.82, 2.24) is 30.1 Å². The maximum atomic E-state index is 13.7. The molecule has 0 unspecified atom stereocenters. The first-order chi connectivity index (χ1) is 19.2. The van der Waals surface area contributed by atoms with Gasteiger partial charge in [0.25, 0.3) is 5.56 Å². The van der Waals surface area contributed by atoms with E-state index in [1.165, 1.54) is 10.4 Å². The van der Waals surface area contributed by atoms with Gasteiger partial charge in [0.1, 0.15) is 11.8 Å². The Kier molecular flexibility index (Phi) is 7.16. The van der Waals surface area contributed by atoms with Crippen molar-refractivity contribution in [3.05, 3.63) is 134 Å². The summed E-state index contributed by atoms with van der Waals surface area (Å²) in [6, 6.07) is 25.6. The van der Waals surface area contributed by atoms with Crippen LogP contribution in [0.3, 0.4) is 0 Å². The van der Waals surface area contributed by atoms with Crippen molar-refractivity contribution in [2.24, 2.45) is 0 Å². The number of hydrogen-bond acceptors (Lipinski definition) is 7. The molecule has 0 amide bonds. The Morgan fingerprint density at radius 2 is 1.90 bits per heavy atom. The molecule has 196 valence electrons. The summed E-state index contributed by atoms with van der Waals surface area (Å²) in [5, 5.41) is 16.0. The van der Waals surface area contributed by atoms with Crippen molar-refractivity contribution >= 4 is 22.2 Å². The molecule has 0 saturated heterocycles. The number of tetrazole rings is 1. The molecule has 8 nitrogen and oxygen atoms in total. The molecule has 0 saturated carbocycles. The summed E-state index contributed by atoms with van der Waals surface area (Å²) in [6.45, 7) is 3.67. The zero-order valence-electron chi connectivity index (χ0n) is 21.5. The van der Waals surface area contributed by atoms with Crippen LogP contribution >= 0.6 is 11.3 Å². The van der Waals surface area contributed by atoms with E-state index in [2.05, 4.69) is 55.9 Å². The molecule has 4 aromatic heterocycles.